The van der Waals surface area contributed by atoms with Crippen LogP contribution in [0.5, 0.6) is 0 Å². The van der Waals surface area contributed by atoms with Crippen molar-refractivity contribution in [3.63, 3.8) is 0 Å². The molecule has 2 aromatic heterocycles. The molecular weight excluding hydrogens is 437 g/mol. The van der Waals surface area contributed by atoms with Gasteiger partial charge in [-0.2, -0.15) is 13.2 Å². The van der Waals surface area contributed by atoms with E-state index < -0.39 is 17.8 Å². The fraction of sp³-hybridized carbons (Fsp3) is 0.250. The highest BCUT2D eigenvalue weighted by atomic mass is 35.5. The van der Waals surface area contributed by atoms with E-state index in [9.17, 15) is 18.0 Å². The Hall–Kier alpha value is -2.65. The van der Waals surface area contributed by atoms with E-state index >= 15 is 0 Å². The van der Waals surface area contributed by atoms with Crippen molar-refractivity contribution in [2.45, 2.75) is 26.1 Å². The third kappa shape index (κ3) is 5.28. The maximum atomic E-state index is 12.8. The number of aromatic nitrogens is 2. The molecule has 1 atom stereocenters. The van der Waals surface area contributed by atoms with Gasteiger partial charge in [0.2, 0.25) is 5.91 Å². The van der Waals surface area contributed by atoms with Crippen molar-refractivity contribution in [2.75, 3.05) is 10.6 Å². The van der Waals surface area contributed by atoms with Gasteiger partial charge in [0.25, 0.3) is 0 Å². The van der Waals surface area contributed by atoms with Crippen LogP contribution in [-0.4, -0.2) is 21.9 Å². The smallest absolute Gasteiger partial charge is 0.372 e. The minimum atomic E-state index is -4.49. The summed E-state index contributed by atoms with van der Waals surface area (Å²) in [6.07, 6.45) is -2.84. The normalized spacial score (nSPS) is 12.6. The van der Waals surface area contributed by atoms with Crippen LogP contribution in [0.4, 0.5) is 24.0 Å². The van der Waals surface area contributed by atoms with Gasteiger partial charge in [-0.3, -0.25) is 9.78 Å². The molecule has 0 aliphatic heterocycles. The number of alkyl halides is 3. The van der Waals surface area contributed by atoms with Crippen molar-refractivity contribution < 1.29 is 18.0 Å². The number of anilines is 2. The van der Waals surface area contributed by atoms with Crippen LogP contribution in [0.3, 0.4) is 0 Å². The molecule has 2 heterocycles. The number of amides is 1. The van der Waals surface area contributed by atoms with Gasteiger partial charge >= 0.3 is 6.18 Å². The van der Waals surface area contributed by atoms with E-state index in [1.165, 1.54) is 17.4 Å². The molecule has 0 bridgehead atoms. The van der Waals surface area contributed by atoms with Gasteiger partial charge in [-0.15, -0.1) is 11.3 Å². The summed E-state index contributed by atoms with van der Waals surface area (Å²) in [5.41, 5.74) is 0.709. The Kier molecular flexibility index (Phi) is 6.62. The van der Waals surface area contributed by atoms with Crippen LogP contribution in [-0.2, 0) is 11.0 Å². The minimum absolute atomic E-state index is 0.116. The predicted octanol–water partition coefficient (Wildman–Crippen LogP) is 5.95. The number of halogens is 4. The highest BCUT2D eigenvalue weighted by Crippen LogP contribution is 2.34. The molecule has 158 valence electrons. The number of hydrogen-bond acceptors (Lipinski definition) is 5. The SMILES string of the molecule is CC(C)C(Nc1ccc(C(F)(F)F)cc1Cl)C(=O)Nc1nc(-c2ccccn2)cs1. The zero-order valence-corrected chi connectivity index (χ0v) is 17.6. The lowest BCUT2D eigenvalue weighted by molar-refractivity contribution is -0.137. The zero-order chi connectivity index (χ0) is 21.9. The largest absolute Gasteiger partial charge is 0.416 e. The molecule has 1 aromatic carbocycles. The molecule has 3 rings (SSSR count). The number of pyridine rings is 1. The van der Waals surface area contributed by atoms with Gasteiger partial charge in [0.15, 0.2) is 5.13 Å². The lowest BCUT2D eigenvalue weighted by atomic mass is 10.0. The van der Waals surface area contributed by atoms with Gasteiger partial charge < -0.3 is 10.6 Å². The van der Waals surface area contributed by atoms with Gasteiger partial charge in [-0.25, -0.2) is 4.98 Å². The molecule has 30 heavy (non-hydrogen) atoms. The van der Waals surface area contributed by atoms with E-state index in [0.717, 1.165) is 12.1 Å². The molecule has 1 amide bonds. The average molecular weight is 455 g/mol. The van der Waals surface area contributed by atoms with Crippen LogP contribution in [0.25, 0.3) is 11.4 Å². The van der Waals surface area contributed by atoms with Crippen molar-refractivity contribution in [2.24, 2.45) is 5.92 Å². The van der Waals surface area contributed by atoms with Crippen molar-refractivity contribution >= 4 is 39.7 Å². The van der Waals surface area contributed by atoms with Crippen LogP contribution in [0.15, 0.2) is 48.0 Å². The Bertz CT molecular complexity index is 1020. The lowest BCUT2D eigenvalue weighted by Crippen LogP contribution is -2.39. The second-order valence-electron chi connectivity index (χ2n) is 6.80. The first-order valence-electron chi connectivity index (χ1n) is 8.96. The molecule has 0 fully saturated rings. The van der Waals surface area contributed by atoms with Crippen molar-refractivity contribution in [1.82, 2.24) is 9.97 Å². The predicted molar refractivity (Wildman–Crippen MR) is 113 cm³/mol. The lowest BCUT2D eigenvalue weighted by Gasteiger charge is -2.23. The highest BCUT2D eigenvalue weighted by Gasteiger charge is 2.31. The molecule has 0 saturated carbocycles. The third-order valence-corrected chi connectivity index (χ3v) is 5.29. The minimum Gasteiger partial charge on any atom is -0.372 e. The van der Waals surface area contributed by atoms with E-state index in [1.807, 2.05) is 26.0 Å². The van der Waals surface area contributed by atoms with Gasteiger partial charge in [-0.1, -0.05) is 31.5 Å². The van der Waals surface area contributed by atoms with Gasteiger partial charge in [0.05, 0.1) is 22.0 Å². The molecule has 0 saturated heterocycles. The second-order valence-corrected chi connectivity index (χ2v) is 8.07. The molecule has 0 aliphatic rings. The monoisotopic (exact) mass is 454 g/mol. The summed E-state index contributed by atoms with van der Waals surface area (Å²) >= 11 is 7.26. The molecule has 1 unspecified atom stereocenters. The summed E-state index contributed by atoms with van der Waals surface area (Å²) in [6, 6.07) is 7.68. The Morgan fingerprint density at radius 2 is 1.93 bits per heavy atom. The molecule has 0 aliphatic carbocycles. The molecule has 5 nitrogen and oxygen atoms in total. The average Bonchev–Trinajstić information content (AvgIpc) is 3.15. The zero-order valence-electron chi connectivity index (χ0n) is 16.0. The summed E-state index contributed by atoms with van der Waals surface area (Å²) < 4.78 is 38.5. The van der Waals surface area contributed by atoms with Gasteiger partial charge in [0.1, 0.15) is 11.7 Å². The van der Waals surface area contributed by atoms with Crippen molar-refractivity contribution in [3.8, 4) is 11.4 Å². The molecular formula is C20H18ClF3N4OS. The molecule has 10 heteroatoms. The fourth-order valence-electron chi connectivity index (χ4n) is 2.66. The topological polar surface area (TPSA) is 66.9 Å². The number of carbonyl (C=O) groups is 1. The summed E-state index contributed by atoms with van der Waals surface area (Å²) in [5.74, 6) is -0.540. The summed E-state index contributed by atoms with van der Waals surface area (Å²) in [4.78, 5) is 21.4. The number of nitrogens with zero attached hydrogens (tertiary/aromatic N) is 2. The first-order chi connectivity index (χ1) is 14.1. The highest BCUT2D eigenvalue weighted by molar-refractivity contribution is 7.14. The molecule has 0 spiro atoms. The Labute approximate surface area is 180 Å². The summed E-state index contributed by atoms with van der Waals surface area (Å²) in [6.45, 7) is 3.63. The van der Waals surface area contributed by atoms with E-state index in [0.29, 0.717) is 16.5 Å². The van der Waals surface area contributed by atoms with Gasteiger partial charge in [-0.05, 0) is 36.2 Å². The quantitative estimate of drug-likeness (QED) is 0.482. The maximum absolute atomic E-state index is 12.8. The number of rotatable bonds is 6. The Morgan fingerprint density at radius 3 is 2.53 bits per heavy atom. The van der Waals surface area contributed by atoms with Crippen molar-refractivity contribution in [1.29, 1.82) is 0 Å². The third-order valence-electron chi connectivity index (χ3n) is 4.22. The van der Waals surface area contributed by atoms with Crippen LogP contribution < -0.4 is 10.6 Å². The van der Waals surface area contributed by atoms with E-state index in [-0.39, 0.29) is 22.5 Å². The number of hydrogen-bond donors (Lipinski definition) is 2. The number of benzene rings is 1. The second kappa shape index (κ2) is 9.01. The van der Waals surface area contributed by atoms with Crippen LogP contribution in [0.2, 0.25) is 5.02 Å². The van der Waals surface area contributed by atoms with E-state index in [4.69, 9.17) is 11.6 Å². The standard InChI is InChI=1S/C20H18ClF3N4OS/c1-11(2)17(26-14-7-6-12(9-13(14)21)20(22,23)24)18(29)28-19-27-16(10-30-19)15-5-3-4-8-25-15/h3-11,17,26H,1-2H3,(H,27,28,29). The Balaban J connectivity index is 1.74. The first kappa shape index (κ1) is 22.0. The summed E-state index contributed by atoms with van der Waals surface area (Å²) in [5, 5.41) is 7.74. The van der Waals surface area contributed by atoms with Gasteiger partial charge in [0, 0.05) is 11.6 Å². The number of carbonyl (C=O) groups excluding carboxylic acids is 1. The molecule has 3 aromatic rings. The molecule has 2 N–H and O–H groups in total. The Morgan fingerprint density at radius 1 is 1.17 bits per heavy atom. The molecule has 0 radical (unpaired) electrons. The summed E-state index contributed by atoms with van der Waals surface area (Å²) in [7, 11) is 0. The fourth-order valence-corrected chi connectivity index (χ4v) is 3.60. The first-order valence-corrected chi connectivity index (χ1v) is 10.2. The van der Waals surface area contributed by atoms with Crippen LogP contribution in [0, 0.1) is 5.92 Å². The van der Waals surface area contributed by atoms with E-state index in [1.54, 1.807) is 17.6 Å². The van der Waals surface area contributed by atoms with Crippen LogP contribution >= 0.6 is 22.9 Å². The van der Waals surface area contributed by atoms with Crippen LogP contribution in [0.1, 0.15) is 19.4 Å². The van der Waals surface area contributed by atoms with E-state index in [2.05, 4.69) is 20.6 Å². The van der Waals surface area contributed by atoms with Crippen molar-refractivity contribution in [3.05, 3.63) is 58.6 Å². The maximum Gasteiger partial charge on any atom is 0.416 e. The number of thiazole rings is 1. The number of nitrogens with one attached hydrogen (secondary N) is 2.